The molecule has 0 radical (unpaired) electrons. The van der Waals surface area contributed by atoms with Crippen molar-refractivity contribution in [1.29, 1.82) is 0 Å². The Hall–Kier alpha value is -1.10. The van der Waals surface area contributed by atoms with E-state index >= 15 is 0 Å². The first-order valence-corrected chi connectivity index (χ1v) is 4.31. The molecule has 76 valence electrons. The lowest BCUT2D eigenvalue weighted by Gasteiger charge is -2.29. The van der Waals surface area contributed by atoms with E-state index in [0.29, 0.717) is 18.7 Å². The number of hydrogen-bond donors (Lipinski definition) is 1. The molecule has 0 unspecified atom stereocenters. The van der Waals surface area contributed by atoms with Gasteiger partial charge in [0.15, 0.2) is 0 Å². The number of hydrogen-bond acceptors (Lipinski definition) is 2. The van der Waals surface area contributed by atoms with Crippen LogP contribution in [0.4, 0.5) is 13.2 Å². The Morgan fingerprint density at radius 2 is 2.07 bits per heavy atom. The van der Waals surface area contributed by atoms with Gasteiger partial charge in [-0.05, 0) is 11.6 Å². The highest BCUT2D eigenvalue weighted by Gasteiger charge is 2.36. The molecule has 1 fully saturated rings. The van der Waals surface area contributed by atoms with Gasteiger partial charge in [-0.15, -0.1) is 0 Å². The van der Waals surface area contributed by atoms with Crippen molar-refractivity contribution in [3.05, 3.63) is 29.6 Å². The predicted octanol–water partition coefficient (Wildman–Crippen LogP) is 1.79. The lowest BCUT2D eigenvalue weighted by atomic mass is 9.91. The molecule has 5 heteroatoms. The normalized spacial score (nSPS) is 17.9. The minimum atomic E-state index is -4.29. The zero-order valence-electron chi connectivity index (χ0n) is 7.30. The predicted molar refractivity (Wildman–Crippen MR) is 44.8 cm³/mol. The van der Waals surface area contributed by atoms with Crippen LogP contribution in [0.15, 0.2) is 18.5 Å². The van der Waals surface area contributed by atoms with E-state index in [0.717, 1.165) is 6.20 Å². The average molecular weight is 202 g/mol. The number of pyridine rings is 1. The summed E-state index contributed by atoms with van der Waals surface area (Å²) in [5.41, 5.74) is -0.252. The smallest absolute Gasteiger partial charge is 0.315 e. The van der Waals surface area contributed by atoms with Crippen LogP contribution in [0, 0.1) is 0 Å². The molecule has 2 nitrogen and oxygen atoms in total. The Balaban J connectivity index is 2.38. The Morgan fingerprint density at radius 3 is 2.57 bits per heavy atom. The molecule has 0 bridgehead atoms. The molecular formula is C9H9F3N2. The van der Waals surface area contributed by atoms with E-state index in [1.165, 1.54) is 12.3 Å². The highest BCUT2D eigenvalue weighted by Crippen LogP contribution is 2.35. The molecule has 14 heavy (non-hydrogen) atoms. The van der Waals surface area contributed by atoms with Gasteiger partial charge in [-0.3, -0.25) is 4.98 Å². The first-order valence-electron chi connectivity index (χ1n) is 4.31. The molecule has 0 atom stereocenters. The fourth-order valence-corrected chi connectivity index (χ4v) is 1.51. The molecule has 0 aromatic carbocycles. The summed E-state index contributed by atoms with van der Waals surface area (Å²) in [5, 5.41) is 2.95. The van der Waals surface area contributed by atoms with Crippen LogP contribution < -0.4 is 5.32 Å². The van der Waals surface area contributed by atoms with Crippen LogP contribution in [0.25, 0.3) is 0 Å². The molecule has 1 aliphatic rings. The maximum absolute atomic E-state index is 12.5. The van der Waals surface area contributed by atoms with Crippen molar-refractivity contribution in [1.82, 2.24) is 10.3 Å². The molecule has 0 amide bonds. The second-order valence-corrected chi connectivity index (χ2v) is 3.32. The Kier molecular flexibility index (Phi) is 2.19. The van der Waals surface area contributed by atoms with E-state index in [2.05, 4.69) is 10.3 Å². The minimum Gasteiger partial charge on any atom is -0.315 e. The summed E-state index contributed by atoms with van der Waals surface area (Å²) in [6.07, 6.45) is -1.99. The van der Waals surface area contributed by atoms with Gasteiger partial charge < -0.3 is 5.32 Å². The highest BCUT2D eigenvalue weighted by molar-refractivity contribution is 5.31. The molecule has 0 aliphatic carbocycles. The summed E-state index contributed by atoms with van der Waals surface area (Å²) in [6.45, 7) is 1.24. The number of nitrogens with one attached hydrogen (secondary N) is 1. The lowest BCUT2D eigenvalue weighted by Crippen LogP contribution is -2.40. The lowest BCUT2D eigenvalue weighted by molar-refractivity contribution is -0.138. The third-order valence-electron chi connectivity index (χ3n) is 2.38. The molecule has 0 saturated carbocycles. The third-order valence-corrected chi connectivity index (χ3v) is 2.38. The maximum Gasteiger partial charge on any atom is 0.418 e. The molecule has 1 aliphatic heterocycles. The summed E-state index contributed by atoms with van der Waals surface area (Å²) in [5.74, 6) is -0.0189. The Morgan fingerprint density at radius 1 is 1.36 bits per heavy atom. The second kappa shape index (κ2) is 3.24. The van der Waals surface area contributed by atoms with Gasteiger partial charge in [0.1, 0.15) is 0 Å². The molecular weight excluding hydrogens is 193 g/mol. The number of nitrogens with zero attached hydrogens (tertiary/aromatic N) is 1. The standard InChI is InChI=1S/C9H9F3N2/c10-9(11,12)8-5-13-2-1-7(8)6-3-14-4-6/h1-2,5-6,14H,3-4H2. The van der Waals surface area contributed by atoms with Gasteiger partial charge in [-0.2, -0.15) is 13.2 Å². The number of aromatic nitrogens is 1. The van der Waals surface area contributed by atoms with Crippen molar-refractivity contribution < 1.29 is 13.2 Å². The Labute approximate surface area is 79.2 Å². The van der Waals surface area contributed by atoms with Gasteiger partial charge in [0.25, 0.3) is 0 Å². The van der Waals surface area contributed by atoms with Crippen molar-refractivity contribution in [2.45, 2.75) is 12.1 Å². The highest BCUT2D eigenvalue weighted by atomic mass is 19.4. The molecule has 2 heterocycles. The zero-order chi connectivity index (χ0) is 10.2. The van der Waals surface area contributed by atoms with E-state index < -0.39 is 11.7 Å². The fourth-order valence-electron chi connectivity index (χ4n) is 1.51. The number of rotatable bonds is 1. The van der Waals surface area contributed by atoms with E-state index in [4.69, 9.17) is 0 Å². The van der Waals surface area contributed by atoms with Crippen LogP contribution in [0.1, 0.15) is 17.0 Å². The van der Waals surface area contributed by atoms with Gasteiger partial charge in [-0.25, -0.2) is 0 Å². The zero-order valence-corrected chi connectivity index (χ0v) is 7.30. The van der Waals surface area contributed by atoms with Gasteiger partial charge in [0, 0.05) is 31.4 Å². The molecule has 1 aromatic heterocycles. The SMILES string of the molecule is FC(F)(F)c1cnccc1C1CNC1. The molecule has 2 rings (SSSR count). The summed E-state index contributed by atoms with van der Waals surface area (Å²) in [4.78, 5) is 3.51. The van der Waals surface area contributed by atoms with Crippen molar-refractivity contribution in [2.24, 2.45) is 0 Å². The van der Waals surface area contributed by atoms with Gasteiger partial charge in [0.2, 0.25) is 0 Å². The van der Waals surface area contributed by atoms with Crippen LogP contribution >= 0.6 is 0 Å². The van der Waals surface area contributed by atoms with Crippen LogP contribution in [0.3, 0.4) is 0 Å². The van der Waals surface area contributed by atoms with Crippen LogP contribution in [-0.4, -0.2) is 18.1 Å². The van der Waals surface area contributed by atoms with Gasteiger partial charge >= 0.3 is 6.18 Å². The van der Waals surface area contributed by atoms with Crippen molar-refractivity contribution in [2.75, 3.05) is 13.1 Å². The Bertz CT molecular complexity index is 331. The minimum absolute atomic E-state index is 0.0189. The summed E-state index contributed by atoms with van der Waals surface area (Å²) < 4.78 is 37.5. The largest absolute Gasteiger partial charge is 0.418 e. The number of halogens is 3. The average Bonchev–Trinajstić information content (AvgIpc) is 2.00. The quantitative estimate of drug-likeness (QED) is 0.750. The van der Waals surface area contributed by atoms with Crippen LogP contribution in [0.2, 0.25) is 0 Å². The number of alkyl halides is 3. The molecule has 1 aromatic rings. The van der Waals surface area contributed by atoms with Crippen molar-refractivity contribution >= 4 is 0 Å². The fraction of sp³-hybridized carbons (Fsp3) is 0.444. The molecule has 1 N–H and O–H groups in total. The second-order valence-electron chi connectivity index (χ2n) is 3.32. The summed E-state index contributed by atoms with van der Waals surface area (Å²) >= 11 is 0. The summed E-state index contributed by atoms with van der Waals surface area (Å²) in [7, 11) is 0. The van der Waals surface area contributed by atoms with E-state index in [1.807, 2.05) is 0 Å². The van der Waals surface area contributed by atoms with Gasteiger partial charge in [-0.1, -0.05) is 0 Å². The van der Waals surface area contributed by atoms with Crippen LogP contribution in [0.5, 0.6) is 0 Å². The first kappa shape index (κ1) is 9.45. The van der Waals surface area contributed by atoms with E-state index in [-0.39, 0.29) is 5.92 Å². The van der Waals surface area contributed by atoms with Crippen LogP contribution in [-0.2, 0) is 6.18 Å². The third kappa shape index (κ3) is 1.59. The van der Waals surface area contributed by atoms with Gasteiger partial charge in [0.05, 0.1) is 5.56 Å². The van der Waals surface area contributed by atoms with Crippen molar-refractivity contribution in [3.63, 3.8) is 0 Å². The van der Waals surface area contributed by atoms with Crippen molar-refractivity contribution in [3.8, 4) is 0 Å². The molecule has 1 saturated heterocycles. The van der Waals surface area contributed by atoms with E-state index in [1.54, 1.807) is 0 Å². The maximum atomic E-state index is 12.5. The topological polar surface area (TPSA) is 24.9 Å². The summed E-state index contributed by atoms with van der Waals surface area (Å²) in [6, 6.07) is 1.45. The monoisotopic (exact) mass is 202 g/mol. The first-order chi connectivity index (χ1) is 6.59. The van der Waals surface area contributed by atoms with E-state index in [9.17, 15) is 13.2 Å². The molecule has 0 spiro atoms.